The van der Waals surface area contributed by atoms with Crippen molar-refractivity contribution in [1.82, 2.24) is 9.55 Å². The van der Waals surface area contributed by atoms with E-state index in [2.05, 4.69) is 4.98 Å². The first-order valence-corrected chi connectivity index (χ1v) is 5.33. The summed E-state index contributed by atoms with van der Waals surface area (Å²) in [7, 11) is 0. The van der Waals surface area contributed by atoms with Crippen LogP contribution >= 0.6 is 0 Å². The first-order valence-electron chi connectivity index (χ1n) is 5.33. The molecule has 0 aliphatic heterocycles. The third kappa shape index (κ3) is 1.95. The zero-order valence-electron chi connectivity index (χ0n) is 9.42. The Morgan fingerprint density at radius 1 is 1.35 bits per heavy atom. The molecular weight excluding hydrogens is 214 g/mol. The van der Waals surface area contributed by atoms with Gasteiger partial charge in [-0.1, -0.05) is 6.07 Å². The average Bonchev–Trinajstić information content (AvgIpc) is 2.39. The van der Waals surface area contributed by atoms with Crippen LogP contribution in [0.15, 0.2) is 41.3 Å². The summed E-state index contributed by atoms with van der Waals surface area (Å²) in [6.07, 6.45) is 1.68. The van der Waals surface area contributed by atoms with Gasteiger partial charge < -0.3 is 4.57 Å². The number of aromatic nitrogens is 2. The molecule has 2 aromatic rings. The van der Waals surface area contributed by atoms with Crippen molar-refractivity contribution >= 4 is 0 Å². The van der Waals surface area contributed by atoms with Crippen molar-refractivity contribution in [3.63, 3.8) is 0 Å². The van der Waals surface area contributed by atoms with Crippen molar-refractivity contribution in [2.45, 2.75) is 13.5 Å². The van der Waals surface area contributed by atoms with Gasteiger partial charge in [0, 0.05) is 12.7 Å². The summed E-state index contributed by atoms with van der Waals surface area (Å²) in [5, 5.41) is 8.82. The van der Waals surface area contributed by atoms with Gasteiger partial charge in [-0.2, -0.15) is 5.26 Å². The summed E-state index contributed by atoms with van der Waals surface area (Å²) in [6, 6.07) is 10.7. The van der Waals surface area contributed by atoms with Crippen molar-refractivity contribution in [2.24, 2.45) is 0 Å². The van der Waals surface area contributed by atoms with E-state index in [1.165, 1.54) is 0 Å². The molecule has 0 aliphatic carbocycles. The lowest BCUT2D eigenvalue weighted by Crippen LogP contribution is -2.23. The molecule has 4 nitrogen and oxygen atoms in total. The molecule has 0 fully saturated rings. The molecule has 0 aliphatic rings. The summed E-state index contributed by atoms with van der Waals surface area (Å²) < 4.78 is 1.56. The van der Waals surface area contributed by atoms with Gasteiger partial charge in [-0.15, -0.1) is 0 Å². The normalized spacial score (nSPS) is 9.88. The van der Waals surface area contributed by atoms with Crippen LogP contribution in [0.25, 0.3) is 11.4 Å². The lowest BCUT2D eigenvalue weighted by atomic mass is 10.2. The number of rotatable bonds is 2. The Hall–Kier alpha value is -2.41. The highest BCUT2D eigenvalue weighted by atomic mass is 16.1. The van der Waals surface area contributed by atoms with E-state index < -0.39 is 0 Å². The standard InChI is InChI=1S/C13H11N3O/c1-2-16-12(11-5-3-4-8-15-11)7-6-10(9-14)13(16)17/h3-8H,2H2,1H3. The van der Waals surface area contributed by atoms with E-state index in [1.54, 1.807) is 22.9 Å². The molecular formula is C13H11N3O. The van der Waals surface area contributed by atoms with Crippen LogP contribution in [-0.4, -0.2) is 9.55 Å². The number of nitrogens with zero attached hydrogens (tertiary/aromatic N) is 3. The fraction of sp³-hybridized carbons (Fsp3) is 0.154. The van der Waals surface area contributed by atoms with E-state index in [1.807, 2.05) is 31.2 Å². The molecule has 2 aromatic heterocycles. The predicted octanol–water partition coefficient (Wildman–Crippen LogP) is 1.80. The molecule has 0 bridgehead atoms. The summed E-state index contributed by atoms with van der Waals surface area (Å²) >= 11 is 0. The fourth-order valence-electron chi connectivity index (χ4n) is 1.72. The molecule has 2 heterocycles. The summed E-state index contributed by atoms with van der Waals surface area (Å²) in [4.78, 5) is 16.1. The van der Waals surface area contributed by atoms with Crippen LogP contribution in [-0.2, 0) is 6.54 Å². The van der Waals surface area contributed by atoms with E-state index >= 15 is 0 Å². The maximum absolute atomic E-state index is 11.9. The van der Waals surface area contributed by atoms with Gasteiger partial charge in [-0.05, 0) is 31.2 Å². The monoisotopic (exact) mass is 225 g/mol. The molecule has 0 atom stereocenters. The third-order valence-electron chi connectivity index (χ3n) is 2.54. The van der Waals surface area contributed by atoms with Crippen molar-refractivity contribution in [1.29, 1.82) is 5.26 Å². The predicted molar refractivity (Wildman–Crippen MR) is 64.3 cm³/mol. The molecule has 17 heavy (non-hydrogen) atoms. The zero-order valence-corrected chi connectivity index (χ0v) is 9.42. The van der Waals surface area contributed by atoms with Crippen molar-refractivity contribution in [2.75, 3.05) is 0 Å². The van der Waals surface area contributed by atoms with E-state index in [4.69, 9.17) is 5.26 Å². The van der Waals surface area contributed by atoms with E-state index in [9.17, 15) is 4.79 Å². The van der Waals surface area contributed by atoms with Crippen molar-refractivity contribution in [3.05, 3.63) is 52.4 Å². The Labute approximate surface area is 98.8 Å². The fourth-order valence-corrected chi connectivity index (χ4v) is 1.72. The molecule has 2 rings (SSSR count). The minimum absolute atomic E-state index is 0.159. The van der Waals surface area contributed by atoms with Gasteiger partial charge in [0.2, 0.25) is 0 Å². The highest BCUT2D eigenvalue weighted by molar-refractivity contribution is 5.55. The van der Waals surface area contributed by atoms with Gasteiger partial charge in [0.15, 0.2) is 0 Å². The second-order valence-electron chi connectivity index (χ2n) is 3.51. The second kappa shape index (κ2) is 4.62. The van der Waals surface area contributed by atoms with E-state index in [-0.39, 0.29) is 11.1 Å². The molecule has 0 saturated heterocycles. The Bertz CT molecular complexity index is 623. The molecule has 0 amide bonds. The smallest absolute Gasteiger partial charge is 0.268 e. The Kier molecular flexibility index (Phi) is 3.01. The summed E-state index contributed by atoms with van der Waals surface area (Å²) in [5.41, 5.74) is 1.36. The summed E-state index contributed by atoms with van der Waals surface area (Å²) in [5.74, 6) is 0. The van der Waals surface area contributed by atoms with Crippen LogP contribution in [0.1, 0.15) is 12.5 Å². The zero-order chi connectivity index (χ0) is 12.3. The largest absolute Gasteiger partial charge is 0.306 e. The molecule has 0 aromatic carbocycles. The Morgan fingerprint density at radius 2 is 2.18 bits per heavy atom. The van der Waals surface area contributed by atoms with E-state index in [0.29, 0.717) is 6.54 Å². The van der Waals surface area contributed by atoms with Crippen LogP contribution in [0.2, 0.25) is 0 Å². The summed E-state index contributed by atoms with van der Waals surface area (Å²) in [6.45, 7) is 2.38. The van der Waals surface area contributed by atoms with Crippen molar-refractivity contribution < 1.29 is 0 Å². The van der Waals surface area contributed by atoms with Crippen LogP contribution in [0, 0.1) is 11.3 Å². The Balaban J connectivity index is 2.69. The quantitative estimate of drug-likeness (QED) is 0.783. The lowest BCUT2D eigenvalue weighted by molar-refractivity contribution is 0.731. The van der Waals surface area contributed by atoms with Gasteiger partial charge in [0.25, 0.3) is 5.56 Å². The van der Waals surface area contributed by atoms with Gasteiger partial charge >= 0.3 is 0 Å². The first kappa shape index (κ1) is 11.1. The lowest BCUT2D eigenvalue weighted by Gasteiger charge is -2.10. The highest BCUT2D eigenvalue weighted by Crippen LogP contribution is 2.14. The van der Waals surface area contributed by atoms with Gasteiger partial charge in [0.1, 0.15) is 11.6 Å². The number of hydrogen-bond acceptors (Lipinski definition) is 3. The molecule has 0 N–H and O–H groups in total. The van der Waals surface area contributed by atoms with Crippen LogP contribution in [0.3, 0.4) is 0 Å². The van der Waals surface area contributed by atoms with Crippen molar-refractivity contribution in [3.8, 4) is 17.5 Å². The molecule has 0 spiro atoms. The second-order valence-corrected chi connectivity index (χ2v) is 3.51. The van der Waals surface area contributed by atoms with Crippen LogP contribution in [0.4, 0.5) is 0 Å². The maximum atomic E-state index is 11.9. The molecule has 4 heteroatoms. The number of pyridine rings is 2. The van der Waals surface area contributed by atoms with E-state index in [0.717, 1.165) is 11.4 Å². The topological polar surface area (TPSA) is 58.7 Å². The van der Waals surface area contributed by atoms with Crippen LogP contribution < -0.4 is 5.56 Å². The minimum Gasteiger partial charge on any atom is -0.306 e. The molecule has 84 valence electrons. The first-order chi connectivity index (χ1) is 8.27. The molecule has 0 radical (unpaired) electrons. The molecule has 0 unspecified atom stereocenters. The van der Waals surface area contributed by atoms with Gasteiger partial charge in [0.05, 0.1) is 11.4 Å². The third-order valence-corrected chi connectivity index (χ3v) is 2.54. The maximum Gasteiger partial charge on any atom is 0.268 e. The van der Waals surface area contributed by atoms with Gasteiger partial charge in [-0.25, -0.2) is 0 Å². The van der Waals surface area contributed by atoms with Gasteiger partial charge in [-0.3, -0.25) is 9.78 Å². The number of nitriles is 1. The highest BCUT2D eigenvalue weighted by Gasteiger charge is 2.09. The average molecular weight is 225 g/mol. The number of hydrogen-bond donors (Lipinski definition) is 0. The SMILES string of the molecule is CCn1c(-c2ccccn2)ccc(C#N)c1=O. The minimum atomic E-state index is -0.266. The molecule has 0 saturated carbocycles. The van der Waals surface area contributed by atoms with Crippen LogP contribution in [0.5, 0.6) is 0 Å². The Morgan fingerprint density at radius 3 is 2.76 bits per heavy atom.